The molecule has 1 aromatic carbocycles. The average Bonchev–Trinajstić information content (AvgIpc) is 2.96. The van der Waals surface area contributed by atoms with Gasteiger partial charge in [-0.3, -0.25) is 9.78 Å². The second kappa shape index (κ2) is 7.97. The molecule has 8 heteroatoms. The van der Waals surface area contributed by atoms with Gasteiger partial charge in [0.05, 0.1) is 17.6 Å². The Morgan fingerprint density at radius 2 is 1.88 bits per heavy atom. The van der Waals surface area contributed by atoms with Crippen LogP contribution < -0.4 is 10.6 Å². The molecule has 182 valence electrons. The smallest absolute Gasteiger partial charge is 0.380 e. The number of hydrogen-bond donors (Lipinski definition) is 2. The van der Waals surface area contributed by atoms with E-state index in [1.54, 1.807) is 6.07 Å². The summed E-state index contributed by atoms with van der Waals surface area (Å²) in [5, 5.41) is 6.65. The number of rotatable bonds is 5. The summed E-state index contributed by atoms with van der Waals surface area (Å²) in [5.41, 5.74) is 3.07. The van der Waals surface area contributed by atoms with Gasteiger partial charge in [-0.2, -0.15) is 13.2 Å². The Morgan fingerprint density at radius 1 is 1.18 bits per heavy atom. The van der Waals surface area contributed by atoms with Crippen molar-refractivity contribution < 1.29 is 18.0 Å². The van der Waals surface area contributed by atoms with Crippen molar-refractivity contribution in [3.05, 3.63) is 59.4 Å². The Labute approximate surface area is 198 Å². The van der Waals surface area contributed by atoms with E-state index in [0.717, 1.165) is 24.4 Å². The fourth-order valence-electron chi connectivity index (χ4n) is 6.00. The van der Waals surface area contributed by atoms with Crippen LogP contribution in [0.3, 0.4) is 0 Å². The fourth-order valence-corrected chi connectivity index (χ4v) is 6.00. The zero-order valence-electron chi connectivity index (χ0n) is 19.7. The molecular formula is C26H31F3N4O. The summed E-state index contributed by atoms with van der Waals surface area (Å²) in [6.45, 7) is 6.04. The van der Waals surface area contributed by atoms with Crippen molar-refractivity contribution in [3.63, 3.8) is 0 Å². The maximum absolute atomic E-state index is 14.1. The molecule has 1 saturated carbocycles. The quantitative estimate of drug-likeness (QED) is 0.675. The molecule has 0 radical (unpaired) electrons. The number of pyridine rings is 1. The van der Waals surface area contributed by atoms with E-state index < -0.39 is 18.1 Å². The van der Waals surface area contributed by atoms with E-state index >= 15 is 0 Å². The van der Waals surface area contributed by atoms with Crippen LogP contribution in [0, 0.1) is 11.3 Å². The number of nitrogens with one attached hydrogen (secondary N) is 2. The van der Waals surface area contributed by atoms with Crippen molar-refractivity contribution in [1.82, 2.24) is 15.2 Å². The Bertz CT molecular complexity index is 1070. The summed E-state index contributed by atoms with van der Waals surface area (Å²) in [7, 11) is 1.25. The van der Waals surface area contributed by atoms with Crippen LogP contribution in [0.25, 0.3) is 0 Å². The lowest BCUT2D eigenvalue weighted by molar-refractivity contribution is -0.194. The molecule has 2 fully saturated rings. The van der Waals surface area contributed by atoms with Gasteiger partial charge in [-0.15, -0.1) is 0 Å². The lowest BCUT2D eigenvalue weighted by atomic mass is 9.58. The summed E-state index contributed by atoms with van der Waals surface area (Å²) < 4.78 is 42.2. The molecule has 1 amide bonds. The van der Waals surface area contributed by atoms with Crippen molar-refractivity contribution in [2.45, 2.75) is 56.8 Å². The van der Waals surface area contributed by atoms with Crippen LogP contribution in [-0.2, 0) is 16.6 Å². The maximum atomic E-state index is 14.1. The molecule has 1 unspecified atom stereocenters. The zero-order chi connectivity index (χ0) is 24.3. The van der Waals surface area contributed by atoms with E-state index in [0.29, 0.717) is 18.5 Å². The molecule has 5 nitrogen and oxygen atoms in total. The molecule has 3 aliphatic rings. The van der Waals surface area contributed by atoms with Crippen molar-refractivity contribution >= 4 is 11.6 Å². The number of nitrogens with zero attached hydrogens (tertiary/aromatic N) is 2. The van der Waals surface area contributed by atoms with Gasteiger partial charge in [0.15, 0.2) is 6.04 Å². The van der Waals surface area contributed by atoms with Gasteiger partial charge in [0.1, 0.15) is 0 Å². The van der Waals surface area contributed by atoms with Crippen LogP contribution in [0.4, 0.5) is 18.9 Å². The summed E-state index contributed by atoms with van der Waals surface area (Å²) in [6.07, 6.45) is -1.01. The summed E-state index contributed by atoms with van der Waals surface area (Å²) >= 11 is 0. The van der Waals surface area contributed by atoms with E-state index in [4.69, 9.17) is 0 Å². The van der Waals surface area contributed by atoms with E-state index in [2.05, 4.69) is 41.6 Å². The van der Waals surface area contributed by atoms with Crippen molar-refractivity contribution in [3.8, 4) is 0 Å². The minimum atomic E-state index is -4.61. The maximum Gasteiger partial charge on any atom is 0.414 e. The van der Waals surface area contributed by atoms with E-state index in [9.17, 15) is 18.0 Å². The molecular weight excluding hydrogens is 441 g/mol. The normalized spacial score (nSPS) is 23.5. The zero-order valence-corrected chi connectivity index (χ0v) is 19.7. The predicted molar refractivity (Wildman–Crippen MR) is 124 cm³/mol. The molecule has 2 heterocycles. The Balaban J connectivity index is 1.30. The van der Waals surface area contributed by atoms with Crippen LogP contribution in [0.15, 0.2) is 42.6 Å². The Kier molecular flexibility index (Phi) is 5.43. The van der Waals surface area contributed by atoms with Crippen LogP contribution in [0.5, 0.6) is 0 Å². The van der Waals surface area contributed by atoms with Crippen LogP contribution in [-0.4, -0.2) is 48.1 Å². The Hall–Kier alpha value is -2.61. The van der Waals surface area contributed by atoms with E-state index in [1.807, 2.05) is 12.1 Å². The van der Waals surface area contributed by atoms with Gasteiger partial charge >= 0.3 is 6.18 Å². The highest BCUT2D eigenvalue weighted by atomic mass is 19.4. The van der Waals surface area contributed by atoms with Crippen LogP contribution >= 0.6 is 0 Å². The largest absolute Gasteiger partial charge is 0.414 e. The molecule has 1 aromatic heterocycles. The number of hydrogen-bond acceptors (Lipinski definition) is 4. The minimum Gasteiger partial charge on any atom is -0.380 e. The van der Waals surface area contributed by atoms with Crippen molar-refractivity contribution in [2.75, 3.05) is 25.5 Å². The third kappa shape index (κ3) is 3.85. The number of carbonyl (C=O) groups is 1. The topological polar surface area (TPSA) is 57.3 Å². The number of carbonyl (C=O) groups excluding carboxylic acids is 1. The third-order valence-electron chi connectivity index (χ3n) is 8.17. The lowest BCUT2D eigenvalue weighted by Gasteiger charge is -2.54. The number of anilines is 1. The summed E-state index contributed by atoms with van der Waals surface area (Å²) in [6, 6.07) is 9.37. The van der Waals surface area contributed by atoms with Gasteiger partial charge in [0.25, 0.3) is 0 Å². The first-order chi connectivity index (χ1) is 16.0. The molecule has 2 atom stereocenters. The highest BCUT2D eigenvalue weighted by Crippen LogP contribution is 2.50. The molecule has 5 rings (SSSR count). The van der Waals surface area contributed by atoms with Crippen molar-refractivity contribution in [2.24, 2.45) is 11.3 Å². The standard InChI is InChI=1S/C26H31F3N4O/c1-24(2)19-7-5-4-6-16(19)10-21(24)32-18-8-9-20(31-13-18)22(26(27,28)29)33(3)23(34)17-11-25(12-17)14-30-15-25/h4-9,13,17,21-22,30,32H,10-12,14-15H2,1-3H3/t21-,22?/m0/s1. The molecule has 34 heavy (non-hydrogen) atoms. The number of amides is 1. The number of benzene rings is 1. The van der Waals surface area contributed by atoms with Crippen molar-refractivity contribution in [1.29, 1.82) is 0 Å². The van der Waals surface area contributed by atoms with E-state index in [1.165, 1.54) is 30.4 Å². The first kappa shape index (κ1) is 23.1. The third-order valence-corrected chi connectivity index (χ3v) is 8.17. The fraction of sp³-hybridized carbons (Fsp3) is 0.538. The van der Waals surface area contributed by atoms with Crippen LogP contribution in [0.1, 0.15) is 49.6 Å². The van der Waals surface area contributed by atoms with Gasteiger partial charge in [0.2, 0.25) is 5.91 Å². The van der Waals surface area contributed by atoms with E-state index in [-0.39, 0.29) is 28.5 Å². The molecule has 0 bridgehead atoms. The average molecular weight is 473 g/mol. The second-order valence-electron chi connectivity index (χ2n) is 10.9. The molecule has 1 spiro atoms. The number of alkyl halides is 3. The summed E-state index contributed by atoms with van der Waals surface area (Å²) in [4.78, 5) is 17.9. The van der Waals surface area contributed by atoms with Gasteiger partial charge in [-0.05, 0) is 47.9 Å². The van der Waals surface area contributed by atoms with Gasteiger partial charge < -0.3 is 15.5 Å². The Morgan fingerprint density at radius 3 is 2.44 bits per heavy atom. The number of fused-ring (bicyclic) bond motifs is 1. The van der Waals surface area contributed by atoms with Gasteiger partial charge in [-0.25, -0.2) is 0 Å². The van der Waals surface area contributed by atoms with Gasteiger partial charge in [0, 0.05) is 37.5 Å². The summed E-state index contributed by atoms with van der Waals surface area (Å²) in [5.74, 6) is -0.793. The first-order valence-electron chi connectivity index (χ1n) is 11.9. The van der Waals surface area contributed by atoms with Crippen LogP contribution in [0.2, 0.25) is 0 Å². The second-order valence-corrected chi connectivity index (χ2v) is 10.9. The molecule has 2 N–H and O–H groups in total. The minimum absolute atomic E-state index is 0.104. The molecule has 2 aromatic rings. The highest BCUT2D eigenvalue weighted by Gasteiger charge is 2.54. The lowest BCUT2D eigenvalue weighted by Crippen LogP contribution is -2.62. The molecule has 1 saturated heterocycles. The highest BCUT2D eigenvalue weighted by molar-refractivity contribution is 5.80. The SMILES string of the molecule is CN(C(=O)C1CC2(CNC2)C1)C(c1ccc(N[C@H]2Cc3ccccc3C2(C)C)cn1)C(F)(F)F. The predicted octanol–water partition coefficient (Wildman–Crippen LogP) is 4.46. The monoisotopic (exact) mass is 472 g/mol. The van der Waals surface area contributed by atoms with Gasteiger partial charge in [-0.1, -0.05) is 38.1 Å². The first-order valence-corrected chi connectivity index (χ1v) is 11.9. The molecule has 2 aliphatic carbocycles. The number of halogens is 3. The molecule has 1 aliphatic heterocycles. The number of aromatic nitrogens is 1.